The number of aromatic amines is 1. The van der Waals surface area contributed by atoms with E-state index in [-0.39, 0.29) is 5.82 Å². The van der Waals surface area contributed by atoms with Crippen LogP contribution in [0.5, 0.6) is 0 Å². The number of rotatable bonds is 5. The monoisotopic (exact) mass is 263 g/mol. The van der Waals surface area contributed by atoms with Gasteiger partial charge >= 0.3 is 0 Å². The van der Waals surface area contributed by atoms with Gasteiger partial charge in [0.1, 0.15) is 5.82 Å². The van der Waals surface area contributed by atoms with Crippen molar-refractivity contribution in [3.05, 3.63) is 42.0 Å². The first kappa shape index (κ1) is 11.7. The molecule has 1 aromatic heterocycles. The quantitative estimate of drug-likeness (QED) is 0.871. The normalized spacial score (nSPS) is 14.9. The van der Waals surface area contributed by atoms with Gasteiger partial charge in [-0.2, -0.15) is 0 Å². The Labute approximate surface area is 109 Å². The van der Waals surface area contributed by atoms with E-state index in [0.717, 1.165) is 15.6 Å². The Balaban J connectivity index is 1.80. The topological polar surface area (TPSA) is 40.7 Å². The number of hydrogen-bond acceptors (Lipinski definition) is 3. The SMILES string of the molecule is Fc1cccc(Sc2ncc[nH]2)c1CNC1CC1. The third-order valence-corrected chi connectivity index (χ3v) is 3.92. The zero-order valence-electron chi connectivity index (χ0n) is 9.82. The minimum Gasteiger partial charge on any atom is -0.339 e. The van der Waals surface area contributed by atoms with Gasteiger partial charge in [-0.3, -0.25) is 0 Å². The largest absolute Gasteiger partial charge is 0.339 e. The van der Waals surface area contributed by atoms with Crippen molar-refractivity contribution in [1.82, 2.24) is 15.3 Å². The van der Waals surface area contributed by atoms with Gasteiger partial charge in [-0.05, 0) is 25.0 Å². The lowest BCUT2D eigenvalue weighted by Crippen LogP contribution is -2.16. The summed E-state index contributed by atoms with van der Waals surface area (Å²) in [5.41, 5.74) is 0.728. The Hall–Kier alpha value is -1.33. The van der Waals surface area contributed by atoms with Crippen LogP contribution in [0.2, 0.25) is 0 Å². The van der Waals surface area contributed by atoms with Crippen LogP contribution in [0.3, 0.4) is 0 Å². The van der Waals surface area contributed by atoms with E-state index in [4.69, 9.17) is 0 Å². The van der Waals surface area contributed by atoms with Crippen molar-refractivity contribution in [3.8, 4) is 0 Å². The fourth-order valence-electron chi connectivity index (χ4n) is 1.75. The van der Waals surface area contributed by atoms with Crippen molar-refractivity contribution in [2.24, 2.45) is 0 Å². The Morgan fingerprint density at radius 1 is 1.44 bits per heavy atom. The van der Waals surface area contributed by atoms with Crippen molar-refractivity contribution >= 4 is 11.8 Å². The molecule has 1 aromatic carbocycles. The first-order valence-corrected chi connectivity index (χ1v) is 6.82. The molecule has 0 bridgehead atoms. The average Bonchev–Trinajstić information content (AvgIpc) is 3.05. The third-order valence-electron chi connectivity index (χ3n) is 2.90. The molecule has 18 heavy (non-hydrogen) atoms. The standard InChI is InChI=1S/C13H14FN3S/c14-11-2-1-3-12(18-13-15-6-7-16-13)10(11)8-17-9-4-5-9/h1-3,6-7,9,17H,4-5,8H2,(H,15,16). The third kappa shape index (κ3) is 2.73. The first-order valence-electron chi connectivity index (χ1n) is 6.01. The van der Waals surface area contributed by atoms with Gasteiger partial charge in [-0.15, -0.1) is 0 Å². The summed E-state index contributed by atoms with van der Waals surface area (Å²) in [5.74, 6) is -0.153. The van der Waals surface area contributed by atoms with E-state index in [9.17, 15) is 4.39 Å². The summed E-state index contributed by atoms with van der Waals surface area (Å²) < 4.78 is 13.9. The number of halogens is 1. The smallest absolute Gasteiger partial charge is 0.170 e. The van der Waals surface area contributed by atoms with Gasteiger partial charge in [0.15, 0.2) is 5.16 Å². The number of benzene rings is 1. The molecule has 1 aliphatic rings. The van der Waals surface area contributed by atoms with E-state index in [1.807, 2.05) is 6.07 Å². The second-order valence-electron chi connectivity index (χ2n) is 4.37. The lowest BCUT2D eigenvalue weighted by Gasteiger charge is -2.09. The van der Waals surface area contributed by atoms with Gasteiger partial charge in [-0.25, -0.2) is 9.37 Å². The first-order chi connectivity index (χ1) is 8.83. The van der Waals surface area contributed by atoms with E-state index >= 15 is 0 Å². The van der Waals surface area contributed by atoms with E-state index < -0.39 is 0 Å². The molecule has 3 nitrogen and oxygen atoms in total. The van der Waals surface area contributed by atoms with Crippen molar-refractivity contribution in [2.75, 3.05) is 0 Å². The predicted octanol–water partition coefficient (Wildman–Crippen LogP) is 2.95. The van der Waals surface area contributed by atoms with Crippen LogP contribution in [-0.2, 0) is 6.54 Å². The molecule has 1 fully saturated rings. The predicted molar refractivity (Wildman–Crippen MR) is 69.0 cm³/mol. The number of imidazole rings is 1. The molecule has 2 N–H and O–H groups in total. The van der Waals surface area contributed by atoms with Gasteiger partial charge in [0.2, 0.25) is 0 Å². The maximum absolute atomic E-state index is 13.9. The summed E-state index contributed by atoms with van der Waals surface area (Å²) in [6.45, 7) is 0.584. The van der Waals surface area contributed by atoms with Crippen LogP contribution in [0.1, 0.15) is 18.4 Å². The molecule has 0 atom stereocenters. The summed E-state index contributed by atoms with van der Waals surface area (Å²) in [6, 6.07) is 5.75. The highest BCUT2D eigenvalue weighted by molar-refractivity contribution is 7.99. The maximum atomic E-state index is 13.9. The van der Waals surface area contributed by atoms with Gasteiger partial charge in [0.25, 0.3) is 0 Å². The fraction of sp³-hybridized carbons (Fsp3) is 0.308. The molecule has 0 saturated heterocycles. The molecule has 0 aliphatic heterocycles. The molecule has 0 spiro atoms. The van der Waals surface area contributed by atoms with Crippen molar-refractivity contribution in [2.45, 2.75) is 35.5 Å². The van der Waals surface area contributed by atoms with Crippen LogP contribution in [0.4, 0.5) is 4.39 Å². The van der Waals surface area contributed by atoms with Gasteiger partial charge in [-0.1, -0.05) is 17.8 Å². The number of nitrogens with zero attached hydrogens (tertiary/aromatic N) is 1. The molecule has 94 valence electrons. The fourth-order valence-corrected chi connectivity index (χ4v) is 2.64. The summed E-state index contributed by atoms with van der Waals surface area (Å²) in [7, 11) is 0. The Morgan fingerprint density at radius 2 is 2.33 bits per heavy atom. The lowest BCUT2D eigenvalue weighted by molar-refractivity contribution is 0.579. The minimum absolute atomic E-state index is 0.153. The average molecular weight is 263 g/mol. The molecular weight excluding hydrogens is 249 g/mol. The van der Waals surface area contributed by atoms with Gasteiger partial charge < -0.3 is 10.3 Å². The van der Waals surface area contributed by atoms with E-state index in [2.05, 4.69) is 15.3 Å². The zero-order chi connectivity index (χ0) is 12.4. The highest BCUT2D eigenvalue weighted by Crippen LogP contribution is 2.30. The molecule has 1 saturated carbocycles. The Bertz CT molecular complexity index is 523. The number of hydrogen-bond donors (Lipinski definition) is 2. The summed E-state index contributed by atoms with van der Waals surface area (Å²) >= 11 is 1.46. The van der Waals surface area contributed by atoms with Gasteiger partial charge in [0.05, 0.1) is 0 Å². The van der Waals surface area contributed by atoms with E-state index in [1.165, 1.54) is 30.7 Å². The molecule has 3 rings (SSSR count). The number of aromatic nitrogens is 2. The molecule has 0 radical (unpaired) electrons. The molecule has 0 unspecified atom stereocenters. The molecule has 2 aromatic rings. The lowest BCUT2D eigenvalue weighted by atomic mass is 10.2. The Kier molecular flexibility index (Phi) is 3.34. The van der Waals surface area contributed by atoms with Gasteiger partial charge in [0, 0.05) is 35.4 Å². The highest BCUT2D eigenvalue weighted by Gasteiger charge is 2.21. The molecular formula is C13H14FN3S. The van der Waals surface area contributed by atoms with E-state index in [1.54, 1.807) is 18.5 Å². The highest BCUT2D eigenvalue weighted by atomic mass is 32.2. The number of H-pyrrole nitrogens is 1. The van der Waals surface area contributed by atoms with E-state index in [0.29, 0.717) is 12.6 Å². The summed E-state index contributed by atoms with van der Waals surface area (Å²) in [5, 5.41) is 4.14. The van der Waals surface area contributed by atoms with Crippen LogP contribution >= 0.6 is 11.8 Å². The van der Waals surface area contributed by atoms with Crippen LogP contribution < -0.4 is 5.32 Å². The maximum Gasteiger partial charge on any atom is 0.170 e. The van der Waals surface area contributed by atoms with Crippen molar-refractivity contribution in [1.29, 1.82) is 0 Å². The van der Waals surface area contributed by atoms with Crippen LogP contribution in [0, 0.1) is 5.82 Å². The summed E-state index contributed by atoms with van der Waals surface area (Å²) in [4.78, 5) is 8.09. The van der Waals surface area contributed by atoms with Crippen LogP contribution in [-0.4, -0.2) is 16.0 Å². The second kappa shape index (κ2) is 5.12. The van der Waals surface area contributed by atoms with Crippen LogP contribution in [0.25, 0.3) is 0 Å². The number of nitrogens with one attached hydrogen (secondary N) is 2. The zero-order valence-corrected chi connectivity index (χ0v) is 10.6. The van der Waals surface area contributed by atoms with Crippen molar-refractivity contribution in [3.63, 3.8) is 0 Å². The second-order valence-corrected chi connectivity index (χ2v) is 5.40. The molecule has 5 heteroatoms. The van der Waals surface area contributed by atoms with Crippen molar-refractivity contribution < 1.29 is 4.39 Å². The Morgan fingerprint density at radius 3 is 3.06 bits per heavy atom. The molecule has 1 heterocycles. The summed E-state index contributed by atoms with van der Waals surface area (Å²) in [6.07, 6.45) is 5.87. The molecule has 0 amide bonds. The van der Waals surface area contributed by atoms with Crippen LogP contribution in [0.15, 0.2) is 40.6 Å². The minimum atomic E-state index is -0.153. The molecule has 1 aliphatic carbocycles.